The lowest BCUT2D eigenvalue weighted by molar-refractivity contribution is 0.130. The molecule has 5 heteroatoms. The van der Waals surface area contributed by atoms with Gasteiger partial charge in [0.2, 0.25) is 0 Å². The smallest absolute Gasteiger partial charge is 0.156 e. The van der Waals surface area contributed by atoms with Gasteiger partial charge in [0.25, 0.3) is 0 Å². The van der Waals surface area contributed by atoms with E-state index in [0.717, 1.165) is 50.5 Å². The molecule has 3 heterocycles. The third-order valence-corrected chi connectivity index (χ3v) is 3.52. The van der Waals surface area contributed by atoms with Crippen molar-refractivity contribution in [1.82, 2.24) is 20.1 Å². The molecule has 0 saturated carbocycles. The number of hydrogen-bond donors (Lipinski definition) is 2. The number of rotatable bonds is 1. The van der Waals surface area contributed by atoms with Crippen molar-refractivity contribution in [2.24, 2.45) is 0 Å². The van der Waals surface area contributed by atoms with Crippen molar-refractivity contribution in [3.8, 4) is 0 Å². The summed E-state index contributed by atoms with van der Waals surface area (Å²) < 4.78 is 1.89. The summed E-state index contributed by atoms with van der Waals surface area (Å²) >= 11 is 0. The van der Waals surface area contributed by atoms with Crippen LogP contribution in [0.3, 0.4) is 0 Å². The second kappa shape index (κ2) is 4.14. The largest absolute Gasteiger partial charge is 0.385 e. The molecule has 0 amide bonds. The third kappa shape index (κ3) is 1.74. The summed E-state index contributed by atoms with van der Waals surface area (Å²) in [6.07, 6.45) is 3.76. The van der Waals surface area contributed by atoms with E-state index in [-0.39, 0.29) is 0 Å². The van der Waals surface area contributed by atoms with Gasteiger partial charge in [-0.05, 0) is 32.2 Å². The van der Waals surface area contributed by atoms with Gasteiger partial charge in [-0.3, -0.25) is 0 Å². The van der Waals surface area contributed by atoms with Gasteiger partial charge in [0, 0.05) is 19.0 Å². The van der Waals surface area contributed by atoms with Crippen molar-refractivity contribution in [3.63, 3.8) is 0 Å². The SMILES string of the molecule is OC1CCCn2nc(C3CCCNC3)nc21. The second-order valence-corrected chi connectivity index (χ2v) is 4.75. The first-order valence-corrected chi connectivity index (χ1v) is 6.18. The first-order chi connectivity index (χ1) is 7.84. The molecule has 0 spiro atoms. The van der Waals surface area contributed by atoms with Crippen molar-refractivity contribution < 1.29 is 5.11 Å². The van der Waals surface area contributed by atoms with E-state index in [4.69, 9.17) is 0 Å². The van der Waals surface area contributed by atoms with Crippen LogP contribution in [0.15, 0.2) is 0 Å². The van der Waals surface area contributed by atoms with E-state index in [2.05, 4.69) is 15.4 Å². The van der Waals surface area contributed by atoms with Gasteiger partial charge in [0.1, 0.15) is 6.10 Å². The number of nitrogens with zero attached hydrogens (tertiary/aromatic N) is 3. The van der Waals surface area contributed by atoms with E-state index in [1.165, 1.54) is 6.42 Å². The fourth-order valence-corrected chi connectivity index (χ4v) is 2.59. The second-order valence-electron chi connectivity index (χ2n) is 4.75. The number of fused-ring (bicyclic) bond motifs is 1. The van der Waals surface area contributed by atoms with Crippen LogP contribution in [0.2, 0.25) is 0 Å². The van der Waals surface area contributed by atoms with Crippen molar-refractivity contribution in [3.05, 3.63) is 11.6 Å². The van der Waals surface area contributed by atoms with E-state index in [0.29, 0.717) is 5.92 Å². The van der Waals surface area contributed by atoms with Crippen LogP contribution < -0.4 is 5.32 Å². The predicted octanol–water partition coefficient (Wildman–Crippen LogP) is 0.572. The predicted molar refractivity (Wildman–Crippen MR) is 59.1 cm³/mol. The van der Waals surface area contributed by atoms with E-state index >= 15 is 0 Å². The average molecular weight is 222 g/mol. The Labute approximate surface area is 94.9 Å². The Bertz CT molecular complexity index is 370. The minimum absolute atomic E-state index is 0.411. The zero-order chi connectivity index (χ0) is 11.0. The van der Waals surface area contributed by atoms with Crippen LogP contribution in [-0.4, -0.2) is 33.0 Å². The number of aliphatic hydroxyl groups is 1. The molecule has 2 aliphatic heterocycles. The van der Waals surface area contributed by atoms with Gasteiger partial charge in [0.15, 0.2) is 11.6 Å². The van der Waals surface area contributed by atoms with Gasteiger partial charge >= 0.3 is 0 Å². The normalized spacial score (nSPS) is 30.1. The number of hydrogen-bond acceptors (Lipinski definition) is 4. The lowest BCUT2D eigenvalue weighted by Crippen LogP contribution is -2.29. The molecule has 2 unspecified atom stereocenters. The van der Waals surface area contributed by atoms with Crippen molar-refractivity contribution >= 4 is 0 Å². The number of aliphatic hydroxyl groups excluding tert-OH is 1. The van der Waals surface area contributed by atoms with Gasteiger partial charge < -0.3 is 10.4 Å². The Morgan fingerprint density at radius 3 is 3.00 bits per heavy atom. The molecule has 0 aromatic carbocycles. The van der Waals surface area contributed by atoms with Crippen LogP contribution in [0.4, 0.5) is 0 Å². The zero-order valence-electron chi connectivity index (χ0n) is 9.39. The fraction of sp³-hybridized carbons (Fsp3) is 0.818. The summed E-state index contributed by atoms with van der Waals surface area (Å²) in [5, 5.41) is 17.7. The van der Waals surface area contributed by atoms with Crippen molar-refractivity contribution in [2.75, 3.05) is 13.1 Å². The van der Waals surface area contributed by atoms with E-state index < -0.39 is 6.10 Å². The van der Waals surface area contributed by atoms with Crippen LogP contribution >= 0.6 is 0 Å². The van der Waals surface area contributed by atoms with Gasteiger partial charge in [0.05, 0.1) is 0 Å². The standard InChI is InChI=1S/C11H18N4O/c16-9-4-2-6-15-11(9)13-10(14-15)8-3-1-5-12-7-8/h8-9,12,16H,1-7H2. The van der Waals surface area contributed by atoms with E-state index in [1.807, 2.05) is 4.68 Å². The fourth-order valence-electron chi connectivity index (χ4n) is 2.59. The van der Waals surface area contributed by atoms with Crippen molar-refractivity contribution in [2.45, 2.75) is 44.2 Å². The van der Waals surface area contributed by atoms with Crippen LogP contribution in [0.5, 0.6) is 0 Å². The van der Waals surface area contributed by atoms with E-state index in [1.54, 1.807) is 0 Å². The Morgan fingerprint density at radius 1 is 1.31 bits per heavy atom. The van der Waals surface area contributed by atoms with Crippen LogP contribution in [-0.2, 0) is 6.54 Å². The molecule has 1 aromatic rings. The maximum Gasteiger partial charge on any atom is 0.156 e. The van der Waals surface area contributed by atoms with E-state index in [9.17, 15) is 5.11 Å². The highest BCUT2D eigenvalue weighted by Crippen LogP contribution is 2.26. The molecule has 2 aliphatic rings. The highest BCUT2D eigenvalue weighted by Gasteiger charge is 2.26. The van der Waals surface area contributed by atoms with Crippen molar-refractivity contribution in [1.29, 1.82) is 0 Å². The lowest BCUT2D eigenvalue weighted by atomic mass is 9.99. The molecule has 1 aromatic heterocycles. The molecule has 0 radical (unpaired) electrons. The Kier molecular flexibility index (Phi) is 2.65. The molecule has 0 bridgehead atoms. The molecule has 3 rings (SSSR count). The number of nitrogens with one attached hydrogen (secondary N) is 1. The summed E-state index contributed by atoms with van der Waals surface area (Å²) in [6.45, 7) is 2.98. The summed E-state index contributed by atoms with van der Waals surface area (Å²) in [4.78, 5) is 4.52. The van der Waals surface area contributed by atoms with Crippen LogP contribution in [0, 0.1) is 0 Å². The zero-order valence-corrected chi connectivity index (χ0v) is 9.39. The Balaban J connectivity index is 1.85. The summed E-state index contributed by atoms with van der Waals surface area (Å²) in [5.41, 5.74) is 0. The molecule has 2 atom stereocenters. The van der Waals surface area contributed by atoms with Gasteiger partial charge in [-0.15, -0.1) is 0 Å². The minimum Gasteiger partial charge on any atom is -0.385 e. The molecule has 16 heavy (non-hydrogen) atoms. The molecule has 1 fully saturated rings. The van der Waals surface area contributed by atoms with Gasteiger partial charge in [-0.25, -0.2) is 9.67 Å². The summed E-state index contributed by atoms with van der Waals surface area (Å²) in [7, 11) is 0. The van der Waals surface area contributed by atoms with Crippen LogP contribution in [0.1, 0.15) is 49.4 Å². The molecule has 0 aliphatic carbocycles. The van der Waals surface area contributed by atoms with Gasteiger partial charge in [-0.1, -0.05) is 0 Å². The number of piperidine rings is 1. The topological polar surface area (TPSA) is 63.0 Å². The number of aromatic nitrogens is 3. The molecular weight excluding hydrogens is 204 g/mol. The molecule has 88 valence electrons. The molecular formula is C11H18N4O. The summed E-state index contributed by atoms with van der Waals surface area (Å²) in [5.74, 6) is 2.12. The maximum atomic E-state index is 9.83. The average Bonchev–Trinajstić information content (AvgIpc) is 2.76. The lowest BCUT2D eigenvalue weighted by Gasteiger charge is -2.19. The highest BCUT2D eigenvalue weighted by molar-refractivity contribution is 5.05. The Hall–Kier alpha value is -0.940. The first-order valence-electron chi connectivity index (χ1n) is 6.18. The van der Waals surface area contributed by atoms with Gasteiger partial charge in [-0.2, -0.15) is 5.10 Å². The molecule has 5 nitrogen and oxygen atoms in total. The first kappa shape index (κ1) is 10.2. The monoisotopic (exact) mass is 222 g/mol. The Morgan fingerprint density at radius 2 is 2.25 bits per heavy atom. The van der Waals surface area contributed by atoms with Crippen LogP contribution in [0.25, 0.3) is 0 Å². The maximum absolute atomic E-state index is 9.83. The highest BCUT2D eigenvalue weighted by atomic mass is 16.3. The molecule has 1 saturated heterocycles. The summed E-state index contributed by atoms with van der Waals surface area (Å²) in [6, 6.07) is 0. The minimum atomic E-state index is -0.411. The number of aryl methyl sites for hydroxylation is 1. The quantitative estimate of drug-likeness (QED) is 0.729. The third-order valence-electron chi connectivity index (χ3n) is 3.52. The molecule has 2 N–H and O–H groups in total.